The van der Waals surface area contributed by atoms with Gasteiger partial charge in [-0.1, -0.05) is 36.3 Å². The van der Waals surface area contributed by atoms with Gasteiger partial charge in [0, 0.05) is 12.1 Å². The van der Waals surface area contributed by atoms with E-state index in [2.05, 4.69) is 17.9 Å². The summed E-state index contributed by atoms with van der Waals surface area (Å²) < 4.78 is 11.6. The van der Waals surface area contributed by atoms with Crippen LogP contribution in [-0.2, 0) is 15.3 Å². The Morgan fingerprint density at radius 1 is 1.47 bits per heavy atom. The van der Waals surface area contributed by atoms with Crippen molar-refractivity contribution in [3.63, 3.8) is 0 Å². The van der Waals surface area contributed by atoms with Crippen LogP contribution in [0.25, 0.3) is 0 Å². The smallest absolute Gasteiger partial charge is 0.209 e. The lowest BCUT2D eigenvalue weighted by atomic mass is 10.0. The summed E-state index contributed by atoms with van der Waals surface area (Å²) in [4.78, 5) is 2.19. The number of hydrogen-bond acceptors (Lipinski definition) is 3. The van der Waals surface area contributed by atoms with Crippen LogP contribution in [0.3, 0.4) is 0 Å². The van der Waals surface area contributed by atoms with Gasteiger partial charge in [0.15, 0.2) is 0 Å². The van der Waals surface area contributed by atoms with Crippen LogP contribution < -0.4 is 0 Å². The van der Waals surface area contributed by atoms with E-state index >= 15 is 0 Å². The molecule has 1 aliphatic heterocycles. The van der Waals surface area contributed by atoms with E-state index < -0.39 is 5.79 Å². The molecule has 1 aliphatic rings. The highest BCUT2D eigenvalue weighted by Crippen LogP contribution is 2.30. The van der Waals surface area contributed by atoms with Crippen molar-refractivity contribution in [2.45, 2.75) is 5.79 Å². The molecule has 0 amide bonds. The Balaban J connectivity index is 2.27. The molecular formula is C14H17NO2. The molecule has 17 heavy (non-hydrogen) atoms. The number of morpholine rings is 1. The predicted octanol–water partition coefficient (Wildman–Crippen LogP) is 1.45. The van der Waals surface area contributed by atoms with E-state index in [4.69, 9.17) is 15.9 Å². The number of ether oxygens (including phenoxy) is 2. The molecule has 1 unspecified atom stereocenters. The standard InChI is InChI=1S/C14H17NO2/c1-3-10-16-14(12-15(2)9-11-17-14)13-7-5-4-6-8-13/h1,4-8H,9-12H2,2H3. The lowest BCUT2D eigenvalue weighted by Gasteiger charge is -2.40. The Hall–Kier alpha value is -1.34. The van der Waals surface area contributed by atoms with Crippen LogP contribution in [0.4, 0.5) is 0 Å². The summed E-state index contributed by atoms with van der Waals surface area (Å²) in [5.74, 6) is 1.78. The largest absolute Gasteiger partial charge is 0.343 e. The number of nitrogens with zero attached hydrogens (tertiary/aromatic N) is 1. The number of hydrogen-bond donors (Lipinski definition) is 0. The van der Waals surface area contributed by atoms with Crippen molar-refractivity contribution >= 4 is 0 Å². The molecule has 1 aromatic carbocycles. The van der Waals surface area contributed by atoms with E-state index in [-0.39, 0.29) is 6.61 Å². The predicted molar refractivity (Wildman–Crippen MR) is 66.4 cm³/mol. The van der Waals surface area contributed by atoms with Crippen molar-refractivity contribution in [1.82, 2.24) is 4.90 Å². The first-order chi connectivity index (χ1) is 8.27. The molecule has 0 saturated carbocycles. The summed E-state index contributed by atoms with van der Waals surface area (Å²) >= 11 is 0. The van der Waals surface area contributed by atoms with E-state index in [1.165, 1.54) is 0 Å². The molecule has 0 aromatic heterocycles. The van der Waals surface area contributed by atoms with Gasteiger partial charge in [0.2, 0.25) is 5.79 Å². The summed E-state index contributed by atoms with van der Waals surface area (Å²) in [5, 5.41) is 0. The van der Waals surface area contributed by atoms with E-state index in [0.717, 1.165) is 12.1 Å². The van der Waals surface area contributed by atoms with Gasteiger partial charge in [-0.2, -0.15) is 0 Å². The Morgan fingerprint density at radius 3 is 2.88 bits per heavy atom. The van der Waals surface area contributed by atoms with Gasteiger partial charge in [-0.15, -0.1) is 6.42 Å². The second-order valence-electron chi connectivity index (χ2n) is 4.20. The molecule has 1 aromatic rings. The fourth-order valence-corrected chi connectivity index (χ4v) is 2.04. The molecule has 0 bridgehead atoms. The van der Waals surface area contributed by atoms with Crippen LogP contribution in [0.1, 0.15) is 5.56 Å². The maximum atomic E-state index is 5.86. The van der Waals surface area contributed by atoms with Crippen molar-refractivity contribution in [1.29, 1.82) is 0 Å². The Kier molecular flexibility index (Phi) is 3.80. The van der Waals surface area contributed by atoms with Crippen LogP contribution in [-0.4, -0.2) is 38.3 Å². The highest BCUT2D eigenvalue weighted by Gasteiger charge is 2.38. The molecule has 1 fully saturated rings. The van der Waals surface area contributed by atoms with E-state index in [1.807, 2.05) is 30.3 Å². The summed E-state index contributed by atoms with van der Waals surface area (Å²) in [6.45, 7) is 2.51. The number of benzene rings is 1. The van der Waals surface area contributed by atoms with E-state index in [1.54, 1.807) is 0 Å². The number of likely N-dealkylation sites (N-methyl/N-ethyl adjacent to an activating group) is 1. The number of rotatable bonds is 3. The average Bonchev–Trinajstić information content (AvgIpc) is 2.37. The monoisotopic (exact) mass is 231 g/mol. The van der Waals surface area contributed by atoms with Crippen LogP contribution in [0, 0.1) is 12.3 Å². The number of terminal acetylenes is 1. The van der Waals surface area contributed by atoms with Crippen molar-refractivity contribution in [3.8, 4) is 12.3 Å². The summed E-state index contributed by atoms with van der Waals surface area (Å²) in [7, 11) is 2.06. The zero-order valence-electron chi connectivity index (χ0n) is 10.1. The summed E-state index contributed by atoms with van der Waals surface area (Å²) in [6.07, 6.45) is 5.27. The quantitative estimate of drug-likeness (QED) is 0.735. The molecule has 2 rings (SSSR count). The first-order valence-electron chi connectivity index (χ1n) is 5.72. The fraction of sp³-hybridized carbons (Fsp3) is 0.429. The Labute approximate surface area is 102 Å². The molecule has 1 saturated heterocycles. The van der Waals surface area contributed by atoms with Gasteiger partial charge >= 0.3 is 0 Å². The minimum atomic E-state index is -0.722. The lowest BCUT2D eigenvalue weighted by molar-refractivity contribution is -0.268. The van der Waals surface area contributed by atoms with Crippen molar-refractivity contribution in [2.75, 3.05) is 33.4 Å². The van der Waals surface area contributed by atoms with Crippen LogP contribution in [0.15, 0.2) is 30.3 Å². The molecular weight excluding hydrogens is 214 g/mol. The molecule has 0 radical (unpaired) electrons. The molecule has 0 spiro atoms. The molecule has 90 valence electrons. The third kappa shape index (κ3) is 2.67. The zero-order chi connectivity index (χ0) is 12.1. The van der Waals surface area contributed by atoms with Gasteiger partial charge in [0.05, 0.1) is 13.2 Å². The van der Waals surface area contributed by atoms with Gasteiger partial charge < -0.3 is 9.47 Å². The normalized spacial score (nSPS) is 25.4. The lowest BCUT2D eigenvalue weighted by Crippen LogP contribution is -2.50. The second-order valence-corrected chi connectivity index (χ2v) is 4.20. The van der Waals surface area contributed by atoms with E-state index in [0.29, 0.717) is 13.2 Å². The molecule has 3 nitrogen and oxygen atoms in total. The first-order valence-corrected chi connectivity index (χ1v) is 5.72. The molecule has 3 heteroatoms. The topological polar surface area (TPSA) is 21.7 Å². The van der Waals surface area contributed by atoms with Crippen molar-refractivity contribution in [3.05, 3.63) is 35.9 Å². The van der Waals surface area contributed by atoms with Crippen molar-refractivity contribution in [2.24, 2.45) is 0 Å². The maximum absolute atomic E-state index is 5.86. The van der Waals surface area contributed by atoms with Crippen LogP contribution in [0.2, 0.25) is 0 Å². The third-order valence-electron chi connectivity index (χ3n) is 2.89. The van der Waals surface area contributed by atoms with E-state index in [9.17, 15) is 0 Å². The van der Waals surface area contributed by atoms with Crippen molar-refractivity contribution < 1.29 is 9.47 Å². The fourth-order valence-electron chi connectivity index (χ4n) is 2.04. The molecule has 0 aliphatic carbocycles. The van der Waals surface area contributed by atoms with Crippen LogP contribution in [0.5, 0.6) is 0 Å². The summed E-state index contributed by atoms with van der Waals surface area (Å²) in [5.41, 5.74) is 1.02. The first kappa shape index (κ1) is 12.1. The average molecular weight is 231 g/mol. The van der Waals surface area contributed by atoms with Gasteiger partial charge in [0.25, 0.3) is 0 Å². The van der Waals surface area contributed by atoms with Gasteiger partial charge in [0.1, 0.15) is 6.61 Å². The molecule has 0 N–H and O–H groups in total. The highest BCUT2D eigenvalue weighted by atomic mass is 16.7. The molecule has 1 atom stereocenters. The second kappa shape index (κ2) is 5.33. The Morgan fingerprint density at radius 2 is 2.24 bits per heavy atom. The van der Waals surface area contributed by atoms with Crippen LogP contribution >= 0.6 is 0 Å². The zero-order valence-corrected chi connectivity index (χ0v) is 10.1. The maximum Gasteiger partial charge on any atom is 0.209 e. The third-order valence-corrected chi connectivity index (χ3v) is 2.89. The SMILES string of the molecule is C#CCOC1(c2ccccc2)CN(C)CCO1. The van der Waals surface area contributed by atoms with Gasteiger partial charge in [-0.3, -0.25) is 4.90 Å². The van der Waals surface area contributed by atoms with Gasteiger partial charge in [-0.05, 0) is 7.05 Å². The minimum Gasteiger partial charge on any atom is -0.343 e. The minimum absolute atomic E-state index is 0.253. The summed E-state index contributed by atoms with van der Waals surface area (Å²) in [6, 6.07) is 9.96. The van der Waals surface area contributed by atoms with Gasteiger partial charge in [-0.25, -0.2) is 0 Å². The highest BCUT2D eigenvalue weighted by molar-refractivity contribution is 5.21. The molecule has 1 heterocycles. The Bertz CT molecular complexity index is 398.